The van der Waals surface area contributed by atoms with Gasteiger partial charge in [0.05, 0.1) is 0 Å². The van der Waals surface area contributed by atoms with Gasteiger partial charge in [-0.05, 0) is 41.8 Å². The Morgan fingerprint density at radius 1 is 1.00 bits per heavy atom. The molecule has 0 bridgehead atoms. The zero-order chi connectivity index (χ0) is 17.3. The van der Waals surface area contributed by atoms with Gasteiger partial charge >= 0.3 is 0 Å². The topological polar surface area (TPSA) is 68.0 Å². The van der Waals surface area contributed by atoms with Gasteiger partial charge in [0.2, 0.25) is 0 Å². The number of hydrogen-bond acceptors (Lipinski definition) is 3. The summed E-state index contributed by atoms with van der Waals surface area (Å²) in [4.78, 5) is 16.1. The van der Waals surface area contributed by atoms with Gasteiger partial charge in [0.25, 0.3) is 5.91 Å². The average Bonchev–Trinajstić information content (AvgIpc) is 3.37. The third kappa shape index (κ3) is 3.04. The van der Waals surface area contributed by atoms with Gasteiger partial charge in [-0.1, -0.05) is 42.5 Å². The predicted molar refractivity (Wildman–Crippen MR) is 98.3 cm³/mol. The summed E-state index contributed by atoms with van der Waals surface area (Å²) in [5, 5.41) is 2.90. The summed E-state index contributed by atoms with van der Waals surface area (Å²) < 4.78 is 0. The Kier molecular flexibility index (Phi) is 3.82. The highest BCUT2D eigenvalue weighted by Crippen LogP contribution is 2.56. The summed E-state index contributed by atoms with van der Waals surface area (Å²) in [6, 6.07) is 21.6. The van der Waals surface area contributed by atoms with Crippen LogP contribution in [0, 0.1) is 0 Å². The molecule has 1 aliphatic rings. The van der Waals surface area contributed by atoms with Crippen LogP contribution in [0.2, 0.25) is 0 Å². The minimum Gasteiger partial charge on any atom is -0.322 e. The number of carbonyl (C=O) groups is 1. The van der Waals surface area contributed by atoms with E-state index < -0.39 is 0 Å². The fourth-order valence-electron chi connectivity index (χ4n) is 3.27. The highest BCUT2D eigenvalue weighted by molar-refractivity contribution is 6.04. The lowest BCUT2D eigenvalue weighted by Gasteiger charge is -2.12. The lowest BCUT2D eigenvalue weighted by atomic mass is 9.99. The predicted octanol–water partition coefficient (Wildman–Crippen LogP) is 3.68. The number of nitrogens with two attached hydrogens (primary N) is 1. The molecular weight excluding hydrogens is 310 g/mol. The molecule has 1 fully saturated rings. The first-order valence-corrected chi connectivity index (χ1v) is 8.32. The Hall–Kier alpha value is -2.98. The zero-order valence-electron chi connectivity index (χ0n) is 13.7. The van der Waals surface area contributed by atoms with E-state index in [2.05, 4.69) is 22.4 Å². The molecule has 4 rings (SSSR count). The van der Waals surface area contributed by atoms with E-state index in [9.17, 15) is 4.79 Å². The third-order valence-corrected chi connectivity index (χ3v) is 4.83. The normalized spacial score (nSPS) is 21.6. The third-order valence-electron chi connectivity index (χ3n) is 4.83. The summed E-state index contributed by atoms with van der Waals surface area (Å²) in [7, 11) is 0. The number of aromatic nitrogens is 1. The van der Waals surface area contributed by atoms with E-state index >= 15 is 0 Å². The van der Waals surface area contributed by atoms with Crippen LogP contribution < -0.4 is 11.1 Å². The minimum absolute atomic E-state index is 0.140. The monoisotopic (exact) mass is 329 g/mol. The number of anilines is 1. The Bertz CT molecular complexity index is 878. The molecule has 1 saturated carbocycles. The van der Waals surface area contributed by atoms with E-state index in [1.54, 1.807) is 24.5 Å². The SMILES string of the molecule is N[C@]1(c2ccccc2)C[C@H]1c1ccc(NC(=O)c2ccncc2)cc1. The van der Waals surface area contributed by atoms with Crippen molar-refractivity contribution in [3.8, 4) is 0 Å². The number of nitrogens with one attached hydrogen (secondary N) is 1. The van der Waals surface area contributed by atoms with E-state index in [1.807, 2.05) is 42.5 Å². The number of pyridine rings is 1. The van der Waals surface area contributed by atoms with Crippen LogP contribution in [0.1, 0.15) is 33.8 Å². The molecule has 0 aliphatic heterocycles. The lowest BCUT2D eigenvalue weighted by Crippen LogP contribution is -2.21. The first-order valence-electron chi connectivity index (χ1n) is 8.32. The van der Waals surface area contributed by atoms with E-state index in [0.29, 0.717) is 11.5 Å². The Morgan fingerprint density at radius 2 is 1.68 bits per heavy atom. The van der Waals surface area contributed by atoms with E-state index in [-0.39, 0.29) is 11.4 Å². The van der Waals surface area contributed by atoms with Crippen LogP contribution >= 0.6 is 0 Å². The standard InChI is InChI=1S/C21H19N3O/c22-21(17-4-2-1-3-5-17)14-19(21)15-6-8-18(9-7-15)24-20(25)16-10-12-23-13-11-16/h1-13,19H,14,22H2,(H,24,25)/t19-,21-/m0/s1. The zero-order valence-corrected chi connectivity index (χ0v) is 13.7. The molecule has 3 aromatic rings. The van der Waals surface area contributed by atoms with Crippen molar-refractivity contribution in [2.75, 3.05) is 5.32 Å². The van der Waals surface area contributed by atoms with Crippen molar-refractivity contribution >= 4 is 11.6 Å². The van der Waals surface area contributed by atoms with Crippen molar-refractivity contribution in [2.45, 2.75) is 17.9 Å². The second-order valence-electron chi connectivity index (χ2n) is 6.48. The van der Waals surface area contributed by atoms with Gasteiger partial charge in [0.1, 0.15) is 0 Å². The molecule has 2 atom stereocenters. The summed E-state index contributed by atoms with van der Waals surface area (Å²) >= 11 is 0. The van der Waals surface area contributed by atoms with Gasteiger partial charge in [0, 0.05) is 35.1 Å². The van der Waals surface area contributed by atoms with E-state index in [1.165, 1.54) is 11.1 Å². The average molecular weight is 329 g/mol. The molecule has 1 heterocycles. The second-order valence-corrected chi connectivity index (χ2v) is 6.48. The van der Waals surface area contributed by atoms with Crippen molar-refractivity contribution < 1.29 is 4.79 Å². The molecule has 1 amide bonds. The highest BCUT2D eigenvalue weighted by atomic mass is 16.1. The van der Waals surface area contributed by atoms with Crippen molar-refractivity contribution in [2.24, 2.45) is 5.73 Å². The molecule has 25 heavy (non-hydrogen) atoms. The van der Waals surface area contributed by atoms with Crippen molar-refractivity contribution in [3.63, 3.8) is 0 Å². The molecule has 4 nitrogen and oxygen atoms in total. The first kappa shape index (κ1) is 15.5. The molecule has 1 aliphatic carbocycles. The second kappa shape index (κ2) is 6.15. The number of rotatable bonds is 4. The molecule has 1 aromatic heterocycles. The Balaban J connectivity index is 1.46. The summed E-state index contributed by atoms with van der Waals surface area (Å²) in [6.45, 7) is 0. The molecular formula is C21H19N3O. The van der Waals surface area contributed by atoms with Crippen LogP contribution in [0.25, 0.3) is 0 Å². The van der Waals surface area contributed by atoms with E-state index in [0.717, 1.165) is 12.1 Å². The maximum absolute atomic E-state index is 12.2. The minimum atomic E-state index is -0.275. The maximum atomic E-state index is 12.2. The lowest BCUT2D eigenvalue weighted by molar-refractivity contribution is 0.102. The molecule has 124 valence electrons. The number of benzene rings is 2. The largest absolute Gasteiger partial charge is 0.322 e. The first-order chi connectivity index (χ1) is 12.2. The van der Waals surface area contributed by atoms with Crippen LogP contribution in [-0.4, -0.2) is 10.9 Å². The van der Waals surface area contributed by atoms with Crippen molar-refractivity contribution in [1.29, 1.82) is 0 Å². The molecule has 3 N–H and O–H groups in total. The van der Waals surface area contributed by atoms with Gasteiger partial charge in [-0.2, -0.15) is 0 Å². The van der Waals surface area contributed by atoms with Crippen molar-refractivity contribution in [1.82, 2.24) is 4.98 Å². The van der Waals surface area contributed by atoms with Crippen LogP contribution in [0.5, 0.6) is 0 Å². The Morgan fingerprint density at radius 3 is 2.36 bits per heavy atom. The number of nitrogens with zero attached hydrogens (tertiary/aromatic N) is 1. The number of amides is 1. The summed E-state index contributed by atoms with van der Waals surface area (Å²) in [5.41, 5.74) is 10.0. The van der Waals surface area contributed by atoms with Crippen LogP contribution in [-0.2, 0) is 5.54 Å². The van der Waals surface area contributed by atoms with Crippen LogP contribution in [0.4, 0.5) is 5.69 Å². The molecule has 0 unspecified atom stereocenters. The van der Waals surface area contributed by atoms with Crippen LogP contribution in [0.15, 0.2) is 79.1 Å². The van der Waals surface area contributed by atoms with Gasteiger partial charge in [-0.3, -0.25) is 9.78 Å². The van der Waals surface area contributed by atoms with Gasteiger partial charge in [-0.15, -0.1) is 0 Å². The summed E-state index contributed by atoms with van der Waals surface area (Å²) in [6.07, 6.45) is 4.16. The van der Waals surface area contributed by atoms with Crippen molar-refractivity contribution in [3.05, 3.63) is 95.8 Å². The quantitative estimate of drug-likeness (QED) is 0.767. The Labute approximate surface area is 146 Å². The highest BCUT2D eigenvalue weighted by Gasteiger charge is 2.52. The fourth-order valence-corrected chi connectivity index (χ4v) is 3.27. The van der Waals surface area contributed by atoms with E-state index in [4.69, 9.17) is 5.73 Å². The number of carbonyl (C=O) groups excluding carboxylic acids is 1. The fraction of sp³-hybridized carbons (Fsp3) is 0.143. The van der Waals surface area contributed by atoms with Gasteiger partial charge in [0.15, 0.2) is 0 Å². The van der Waals surface area contributed by atoms with Crippen LogP contribution in [0.3, 0.4) is 0 Å². The number of hydrogen-bond donors (Lipinski definition) is 2. The molecule has 0 radical (unpaired) electrons. The maximum Gasteiger partial charge on any atom is 0.255 e. The van der Waals surface area contributed by atoms with Gasteiger partial charge < -0.3 is 11.1 Å². The molecule has 2 aromatic carbocycles. The molecule has 0 spiro atoms. The molecule has 4 heteroatoms. The van der Waals surface area contributed by atoms with Gasteiger partial charge in [-0.25, -0.2) is 0 Å². The smallest absolute Gasteiger partial charge is 0.255 e. The summed E-state index contributed by atoms with van der Waals surface area (Å²) in [5.74, 6) is 0.180. The molecule has 0 saturated heterocycles.